The molecule has 1 heterocycles. The number of hydrogen-bond donors (Lipinski definition) is 1. The SMILES string of the molecule is O=C(NC1CC1)C1CN(CC2=Cc3ccc(OCCCC(F)(F)F)cc3CC2)C1. The molecular weight excluding hydrogens is 381 g/mol. The number of ether oxygens (including phenoxy) is 1. The summed E-state index contributed by atoms with van der Waals surface area (Å²) in [6.45, 7) is 2.62. The van der Waals surface area contributed by atoms with Crippen molar-refractivity contribution in [3.63, 3.8) is 0 Å². The largest absolute Gasteiger partial charge is 0.494 e. The average molecular weight is 408 g/mol. The van der Waals surface area contributed by atoms with Crippen molar-refractivity contribution in [3.05, 3.63) is 34.9 Å². The van der Waals surface area contributed by atoms with E-state index in [9.17, 15) is 18.0 Å². The molecule has 1 aliphatic heterocycles. The molecule has 2 aliphatic carbocycles. The van der Waals surface area contributed by atoms with Gasteiger partial charge in [-0.25, -0.2) is 0 Å². The van der Waals surface area contributed by atoms with Gasteiger partial charge in [-0.3, -0.25) is 9.69 Å². The molecule has 7 heteroatoms. The van der Waals surface area contributed by atoms with Crippen LogP contribution in [0.2, 0.25) is 0 Å². The molecule has 1 N–H and O–H groups in total. The van der Waals surface area contributed by atoms with Crippen molar-refractivity contribution in [1.82, 2.24) is 10.2 Å². The van der Waals surface area contributed by atoms with Crippen molar-refractivity contribution in [3.8, 4) is 5.75 Å². The molecule has 1 aromatic rings. The number of carbonyl (C=O) groups is 1. The molecule has 1 saturated carbocycles. The van der Waals surface area contributed by atoms with E-state index in [4.69, 9.17) is 4.74 Å². The van der Waals surface area contributed by atoms with Crippen LogP contribution in [-0.4, -0.2) is 49.3 Å². The van der Waals surface area contributed by atoms with Gasteiger partial charge in [0.15, 0.2) is 0 Å². The predicted octanol–water partition coefficient (Wildman–Crippen LogP) is 3.95. The number of aryl methyl sites for hydroxylation is 1. The van der Waals surface area contributed by atoms with E-state index < -0.39 is 12.6 Å². The van der Waals surface area contributed by atoms with Gasteiger partial charge in [0.25, 0.3) is 0 Å². The van der Waals surface area contributed by atoms with E-state index in [1.807, 2.05) is 18.2 Å². The van der Waals surface area contributed by atoms with Gasteiger partial charge in [-0.1, -0.05) is 17.7 Å². The minimum Gasteiger partial charge on any atom is -0.494 e. The molecule has 0 bridgehead atoms. The van der Waals surface area contributed by atoms with Crippen LogP contribution in [0.15, 0.2) is 23.8 Å². The smallest absolute Gasteiger partial charge is 0.389 e. The van der Waals surface area contributed by atoms with Gasteiger partial charge in [0.2, 0.25) is 5.91 Å². The number of rotatable bonds is 8. The lowest BCUT2D eigenvalue weighted by Gasteiger charge is -2.39. The molecule has 1 aromatic carbocycles. The fraction of sp³-hybridized carbons (Fsp3) is 0.591. The number of carbonyl (C=O) groups excluding carboxylic acids is 1. The number of halogens is 3. The molecule has 0 atom stereocenters. The zero-order chi connectivity index (χ0) is 20.4. The Balaban J connectivity index is 1.23. The standard InChI is InChI=1S/C22H27F3N2O2/c23-22(24,25)8-1-9-29-20-7-4-16-10-15(2-3-17(16)11-20)12-27-13-18(14-27)21(28)26-19-5-6-19/h4,7,10-11,18-19H,1-3,5-6,8-9,12-14H2,(H,26,28). The van der Waals surface area contributed by atoms with Crippen molar-refractivity contribution in [2.75, 3.05) is 26.2 Å². The minimum absolute atomic E-state index is 0.0276. The minimum atomic E-state index is -4.13. The Labute approximate surface area is 169 Å². The molecule has 0 spiro atoms. The van der Waals surface area contributed by atoms with Gasteiger partial charge in [0.1, 0.15) is 5.75 Å². The van der Waals surface area contributed by atoms with Crippen molar-refractivity contribution < 1.29 is 22.7 Å². The average Bonchev–Trinajstić information content (AvgIpc) is 3.44. The number of fused-ring (bicyclic) bond motifs is 1. The normalized spacial score (nSPS) is 19.9. The van der Waals surface area contributed by atoms with E-state index in [0.717, 1.165) is 50.9 Å². The van der Waals surface area contributed by atoms with Gasteiger partial charge < -0.3 is 10.1 Å². The Morgan fingerprint density at radius 2 is 2.00 bits per heavy atom. The summed E-state index contributed by atoms with van der Waals surface area (Å²) in [4.78, 5) is 14.3. The number of amides is 1. The maximum atomic E-state index is 12.2. The summed E-state index contributed by atoms with van der Waals surface area (Å²) in [5.41, 5.74) is 3.68. The number of likely N-dealkylation sites (tertiary alicyclic amines) is 1. The fourth-order valence-electron chi connectivity index (χ4n) is 3.90. The van der Waals surface area contributed by atoms with Crippen LogP contribution < -0.4 is 10.1 Å². The van der Waals surface area contributed by atoms with Gasteiger partial charge in [-0.15, -0.1) is 0 Å². The second kappa shape index (κ2) is 8.38. The number of nitrogens with one attached hydrogen (secondary N) is 1. The third-order valence-corrected chi connectivity index (χ3v) is 5.74. The summed E-state index contributed by atoms with van der Waals surface area (Å²) in [7, 11) is 0. The first kappa shape index (κ1) is 20.3. The van der Waals surface area contributed by atoms with E-state index >= 15 is 0 Å². The number of nitrogens with zero attached hydrogens (tertiary/aromatic N) is 1. The second-order valence-corrected chi connectivity index (χ2v) is 8.40. The lowest BCUT2D eigenvalue weighted by atomic mass is 9.90. The van der Waals surface area contributed by atoms with Gasteiger partial charge in [0, 0.05) is 32.1 Å². The monoisotopic (exact) mass is 408 g/mol. The molecule has 1 saturated heterocycles. The van der Waals surface area contributed by atoms with Crippen LogP contribution in [0.5, 0.6) is 5.75 Å². The highest BCUT2D eigenvalue weighted by Gasteiger charge is 2.35. The van der Waals surface area contributed by atoms with Crippen LogP contribution in [0.4, 0.5) is 13.2 Å². The number of benzene rings is 1. The van der Waals surface area contributed by atoms with Crippen molar-refractivity contribution in [1.29, 1.82) is 0 Å². The van der Waals surface area contributed by atoms with E-state index in [-0.39, 0.29) is 24.9 Å². The van der Waals surface area contributed by atoms with Crippen LogP contribution in [0.3, 0.4) is 0 Å². The molecular formula is C22H27F3N2O2. The van der Waals surface area contributed by atoms with Crippen LogP contribution in [0, 0.1) is 5.92 Å². The van der Waals surface area contributed by atoms with Crippen LogP contribution in [0.25, 0.3) is 6.08 Å². The third kappa shape index (κ3) is 5.75. The summed E-state index contributed by atoms with van der Waals surface area (Å²) in [6, 6.07) is 6.18. The summed E-state index contributed by atoms with van der Waals surface area (Å²) in [6.07, 6.45) is 1.33. The fourth-order valence-corrected chi connectivity index (χ4v) is 3.90. The lowest BCUT2D eigenvalue weighted by molar-refractivity contribution is -0.136. The predicted molar refractivity (Wildman–Crippen MR) is 105 cm³/mol. The Morgan fingerprint density at radius 1 is 1.21 bits per heavy atom. The first-order valence-corrected chi connectivity index (χ1v) is 10.4. The molecule has 0 unspecified atom stereocenters. The van der Waals surface area contributed by atoms with E-state index in [2.05, 4.69) is 16.3 Å². The van der Waals surface area contributed by atoms with Gasteiger partial charge in [-0.05, 0) is 55.4 Å². The zero-order valence-corrected chi connectivity index (χ0v) is 16.4. The Bertz CT molecular complexity index is 781. The molecule has 158 valence electrons. The molecule has 4 rings (SSSR count). The maximum Gasteiger partial charge on any atom is 0.389 e. The highest BCUT2D eigenvalue weighted by Crippen LogP contribution is 2.30. The van der Waals surface area contributed by atoms with Gasteiger partial charge in [-0.2, -0.15) is 13.2 Å². The van der Waals surface area contributed by atoms with Gasteiger partial charge >= 0.3 is 6.18 Å². The zero-order valence-electron chi connectivity index (χ0n) is 16.4. The first-order chi connectivity index (χ1) is 13.9. The molecule has 0 radical (unpaired) electrons. The molecule has 1 amide bonds. The van der Waals surface area contributed by atoms with E-state index in [1.165, 1.54) is 11.1 Å². The van der Waals surface area contributed by atoms with E-state index in [0.29, 0.717) is 11.8 Å². The Kier molecular flexibility index (Phi) is 5.86. The highest BCUT2D eigenvalue weighted by molar-refractivity contribution is 5.80. The highest BCUT2D eigenvalue weighted by atomic mass is 19.4. The molecule has 3 aliphatic rings. The lowest BCUT2D eigenvalue weighted by Crippen LogP contribution is -2.54. The molecule has 4 nitrogen and oxygen atoms in total. The second-order valence-electron chi connectivity index (χ2n) is 8.40. The summed E-state index contributed by atoms with van der Waals surface area (Å²) in [5, 5.41) is 3.08. The molecule has 29 heavy (non-hydrogen) atoms. The van der Waals surface area contributed by atoms with Gasteiger partial charge in [0.05, 0.1) is 12.5 Å². The molecule has 0 aromatic heterocycles. The van der Waals surface area contributed by atoms with E-state index in [1.54, 1.807) is 0 Å². The van der Waals surface area contributed by atoms with Crippen molar-refractivity contribution >= 4 is 12.0 Å². The number of alkyl halides is 3. The van der Waals surface area contributed by atoms with Crippen molar-refractivity contribution in [2.45, 2.75) is 50.7 Å². The van der Waals surface area contributed by atoms with Crippen LogP contribution in [0.1, 0.15) is 43.2 Å². The Hall–Kier alpha value is -2.02. The topological polar surface area (TPSA) is 41.6 Å². The quantitative estimate of drug-likeness (QED) is 0.663. The summed E-state index contributed by atoms with van der Waals surface area (Å²) >= 11 is 0. The summed E-state index contributed by atoms with van der Waals surface area (Å²) < 4.78 is 42.1. The van der Waals surface area contributed by atoms with Crippen LogP contribution in [-0.2, 0) is 11.2 Å². The summed E-state index contributed by atoms with van der Waals surface area (Å²) in [5.74, 6) is 0.966. The first-order valence-electron chi connectivity index (χ1n) is 10.4. The van der Waals surface area contributed by atoms with Crippen molar-refractivity contribution in [2.24, 2.45) is 5.92 Å². The number of hydrogen-bond acceptors (Lipinski definition) is 3. The van der Waals surface area contributed by atoms with Crippen LogP contribution >= 0.6 is 0 Å². The third-order valence-electron chi connectivity index (χ3n) is 5.74. The molecule has 2 fully saturated rings. The maximum absolute atomic E-state index is 12.2. The Morgan fingerprint density at radius 3 is 2.72 bits per heavy atom.